The summed E-state index contributed by atoms with van der Waals surface area (Å²) in [7, 11) is 1.80. The number of ether oxygens (including phenoxy) is 2. The number of hydrogen-bond acceptors (Lipinski definition) is 5. The molecule has 3 aromatic rings. The lowest BCUT2D eigenvalue weighted by molar-refractivity contribution is -0.0431. The SMILES string of the molecule is CN(C(=O)c1ccc2c(c1)OC(C)(C)O2)[C@H](CCNC(=O)c1ccccn1)Cc1ccccc1. The molecule has 0 saturated carbocycles. The number of hydrogen-bond donors (Lipinski definition) is 1. The van der Waals surface area contributed by atoms with E-state index in [1.807, 2.05) is 44.2 Å². The highest BCUT2D eigenvalue weighted by Gasteiger charge is 2.32. The van der Waals surface area contributed by atoms with Gasteiger partial charge in [0.05, 0.1) is 0 Å². The first-order valence-electron chi connectivity index (χ1n) is 11.3. The van der Waals surface area contributed by atoms with Crippen LogP contribution in [0.4, 0.5) is 0 Å². The number of pyridine rings is 1. The maximum Gasteiger partial charge on any atom is 0.269 e. The van der Waals surface area contributed by atoms with E-state index in [0.717, 1.165) is 5.56 Å². The molecule has 1 aliphatic rings. The van der Waals surface area contributed by atoms with Gasteiger partial charge in [0.25, 0.3) is 11.8 Å². The van der Waals surface area contributed by atoms with E-state index in [0.29, 0.717) is 42.1 Å². The van der Waals surface area contributed by atoms with E-state index in [1.54, 1.807) is 54.5 Å². The van der Waals surface area contributed by atoms with Crippen LogP contribution in [0, 0.1) is 0 Å². The number of likely N-dealkylation sites (N-methyl/N-ethyl adjacent to an activating group) is 1. The third kappa shape index (κ3) is 5.54. The number of amides is 2. The summed E-state index contributed by atoms with van der Waals surface area (Å²) in [4.78, 5) is 31.6. The molecule has 1 atom stereocenters. The van der Waals surface area contributed by atoms with Crippen molar-refractivity contribution in [1.82, 2.24) is 15.2 Å². The smallest absolute Gasteiger partial charge is 0.269 e. The molecule has 2 heterocycles. The Balaban J connectivity index is 1.46. The van der Waals surface area contributed by atoms with Gasteiger partial charge in [-0.25, -0.2) is 0 Å². The maximum atomic E-state index is 13.4. The topological polar surface area (TPSA) is 80.8 Å². The average Bonchev–Trinajstić information content (AvgIpc) is 3.16. The number of nitrogens with zero attached hydrogens (tertiary/aromatic N) is 2. The van der Waals surface area contributed by atoms with Gasteiger partial charge in [-0.05, 0) is 48.7 Å². The Labute approximate surface area is 199 Å². The number of nitrogens with one attached hydrogen (secondary N) is 1. The molecule has 1 aromatic heterocycles. The molecular formula is C27H29N3O4. The van der Waals surface area contributed by atoms with Crippen LogP contribution in [0.15, 0.2) is 72.9 Å². The minimum Gasteiger partial charge on any atom is -0.449 e. The maximum absolute atomic E-state index is 13.4. The van der Waals surface area contributed by atoms with Gasteiger partial charge >= 0.3 is 0 Å². The quantitative estimate of drug-likeness (QED) is 0.549. The van der Waals surface area contributed by atoms with Crippen LogP contribution in [0.25, 0.3) is 0 Å². The third-order valence-corrected chi connectivity index (χ3v) is 5.75. The van der Waals surface area contributed by atoms with Crippen molar-refractivity contribution in [2.24, 2.45) is 0 Å². The Morgan fingerprint density at radius 3 is 2.47 bits per heavy atom. The van der Waals surface area contributed by atoms with E-state index in [9.17, 15) is 9.59 Å². The Kier molecular flexibility index (Phi) is 6.82. The minimum absolute atomic E-state index is 0.118. The van der Waals surface area contributed by atoms with Crippen LogP contribution in [-0.2, 0) is 6.42 Å². The largest absolute Gasteiger partial charge is 0.449 e. The molecule has 2 aromatic carbocycles. The zero-order chi connectivity index (χ0) is 24.1. The van der Waals surface area contributed by atoms with Gasteiger partial charge in [-0.15, -0.1) is 0 Å². The summed E-state index contributed by atoms with van der Waals surface area (Å²) < 4.78 is 11.5. The Morgan fingerprint density at radius 1 is 1.00 bits per heavy atom. The van der Waals surface area contributed by atoms with Crippen LogP contribution in [-0.4, -0.2) is 47.1 Å². The fraction of sp³-hybridized carbons (Fsp3) is 0.296. The van der Waals surface area contributed by atoms with E-state index in [4.69, 9.17) is 9.47 Å². The number of aromatic nitrogens is 1. The molecule has 0 unspecified atom stereocenters. The summed E-state index contributed by atoms with van der Waals surface area (Å²) in [6, 6.07) is 20.4. The molecule has 4 rings (SSSR count). The van der Waals surface area contributed by atoms with Crippen molar-refractivity contribution < 1.29 is 19.1 Å². The summed E-state index contributed by atoms with van der Waals surface area (Å²) in [5.74, 6) is 0.0886. The zero-order valence-corrected chi connectivity index (χ0v) is 19.7. The molecule has 0 spiro atoms. The summed E-state index contributed by atoms with van der Waals surface area (Å²) in [5.41, 5.74) is 2.02. The molecule has 2 amide bonds. The second-order valence-electron chi connectivity index (χ2n) is 8.78. The van der Waals surface area contributed by atoms with Gasteiger partial charge in [-0.2, -0.15) is 0 Å². The van der Waals surface area contributed by atoms with E-state index in [2.05, 4.69) is 10.3 Å². The lowest BCUT2D eigenvalue weighted by Gasteiger charge is -2.29. The van der Waals surface area contributed by atoms with Gasteiger partial charge in [-0.3, -0.25) is 14.6 Å². The highest BCUT2D eigenvalue weighted by molar-refractivity contribution is 5.95. The second kappa shape index (κ2) is 9.95. The zero-order valence-electron chi connectivity index (χ0n) is 19.7. The molecule has 0 radical (unpaired) electrons. The first-order chi connectivity index (χ1) is 16.3. The molecule has 1 aliphatic heterocycles. The number of carbonyl (C=O) groups excluding carboxylic acids is 2. The first kappa shape index (κ1) is 23.3. The monoisotopic (exact) mass is 459 g/mol. The van der Waals surface area contributed by atoms with Gasteiger partial charge in [0.15, 0.2) is 11.5 Å². The van der Waals surface area contributed by atoms with Crippen LogP contribution < -0.4 is 14.8 Å². The minimum atomic E-state index is -0.752. The second-order valence-corrected chi connectivity index (χ2v) is 8.78. The molecule has 176 valence electrons. The van der Waals surface area contributed by atoms with Crippen molar-refractivity contribution in [1.29, 1.82) is 0 Å². The van der Waals surface area contributed by atoms with Crippen LogP contribution in [0.5, 0.6) is 11.5 Å². The van der Waals surface area contributed by atoms with E-state index in [1.165, 1.54) is 0 Å². The van der Waals surface area contributed by atoms with Gasteiger partial charge < -0.3 is 19.7 Å². The molecule has 7 nitrogen and oxygen atoms in total. The summed E-state index contributed by atoms with van der Waals surface area (Å²) in [6.07, 6.45) is 2.85. The number of carbonyl (C=O) groups is 2. The van der Waals surface area contributed by atoms with Gasteiger partial charge in [0.1, 0.15) is 5.69 Å². The molecule has 0 bridgehead atoms. The molecular weight excluding hydrogens is 430 g/mol. The number of fused-ring (bicyclic) bond motifs is 1. The summed E-state index contributed by atoms with van der Waals surface area (Å²) >= 11 is 0. The molecule has 7 heteroatoms. The number of benzene rings is 2. The number of rotatable bonds is 8. The normalized spacial score (nSPS) is 14.3. The van der Waals surface area contributed by atoms with Crippen LogP contribution in [0.2, 0.25) is 0 Å². The lowest BCUT2D eigenvalue weighted by atomic mass is 10.0. The Morgan fingerprint density at radius 2 is 1.74 bits per heavy atom. The lowest BCUT2D eigenvalue weighted by Crippen LogP contribution is -2.41. The standard InChI is InChI=1S/C27H29N3O4/c1-27(2)33-23-13-12-20(18-24(23)34-27)26(32)30(3)21(17-19-9-5-4-6-10-19)14-16-29-25(31)22-11-7-8-15-28-22/h4-13,15,18,21H,14,16-17H2,1-3H3,(H,29,31)/t21-/m1/s1. The van der Waals surface area contributed by atoms with Crippen molar-refractivity contribution in [3.05, 3.63) is 89.7 Å². The van der Waals surface area contributed by atoms with E-state index >= 15 is 0 Å². The fourth-order valence-electron chi connectivity index (χ4n) is 3.98. The first-order valence-corrected chi connectivity index (χ1v) is 11.3. The van der Waals surface area contributed by atoms with Crippen molar-refractivity contribution in [2.75, 3.05) is 13.6 Å². The molecule has 0 saturated heterocycles. The predicted molar refractivity (Wildman–Crippen MR) is 129 cm³/mol. The summed E-state index contributed by atoms with van der Waals surface area (Å²) in [6.45, 7) is 4.07. The molecule has 1 N–H and O–H groups in total. The Hall–Kier alpha value is -3.87. The van der Waals surface area contributed by atoms with Crippen molar-refractivity contribution in [2.45, 2.75) is 38.5 Å². The highest BCUT2D eigenvalue weighted by atomic mass is 16.7. The molecule has 0 fully saturated rings. The van der Waals surface area contributed by atoms with Gasteiger partial charge in [0.2, 0.25) is 5.79 Å². The van der Waals surface area contributed by atoms with Crippen LogP contribution in [0.1, 0.15) is 46.7 Å². The van der Waals surface area contributed by atoms with Crippen molar-refractivity contribution in [3.63, 3.8) is 0 Å². The third-order valence-electron chi connectivity index (χ3n) is 5.75. The highest BCUT2D eigenvalue weighted by Crippen LogP contribution is 2.39. The van der Waals surface area contributed by atoms with E-state index < -0.39 is 5.79 Å². The van der Waals surface area contributed by atoms with Crippen molar-refractivity contribution >= 4 is 11.8 Å². The molecule has 34 heavy (non-hydrogen) atoms. The van der Waals surface area contributed by atoms with Gasteiger partial charge in [-0.1, -0.05) is 36.4 Å². The molecule has 0 aliphatic carbocycles. The predicted octanol–water partition coefficient (Wildman–Crippen LogP) is 4.09. The van der Waals surface area contributed by atoms with Crippen LogP contribution in [0.3, 0.4) is 0 Å². The fourth-order valence-corrected chi connectivity index (χ4v) is 3.98. The van der Waals surface area contributed by atoms with Gasteiger partial charge in [0, 0.05) is 45.2 Å². The van der Waals surface area contributed by atoms with Crippen LogP contribution >= 0.6 is 0 Å². The summed E-state index contributed by atoms with van der Waals surface area (Å²) in [5, 5.41) is 2.92. The van der Waals surface area contributed by atoms with Crippen molar-refractivity contribution in [3.8, 4) is 11.5 Å². The Bertz CT molecular complexity index is 1150. The van der Waals surface area contributed by atoms with E-state index in [-0.39, 0.29) is 17.9 Å². The average molecular weight is 460 g/mol.